The molecule has 4 heteroatoms. The maximum absolute atomic E-state index is 13.2. The highest BCUT2D eigenvalue weighted by Gasteiger charge is 2.29. The number of piperidine rings is 2. The Balaban J connectivity index is 1.14. The number of ketones is 1. The Morgan fingerprint density at radius 3 is 2.39 bits per heavy atom. The van der Waals surface area contributed by atoms with Gasteiger partial charge in [-0.05, 0) is 100 Å². The van der Waals surface area contributed by atoms with E-state index in [1.54, 1.807) is 0 Å². The van der Waals surface area contributed by atoms with Gasteiger partial charge in [-0.1, -0.05) is 36.4 Å². The first kappa shape index (κ1) is 22.3. The summed E-state index contributed by atoms with van der Waals surface area (Å²) in [5.74, 6) is 1.21. The summed E-state index contributed by atoms with van der Waals surface area (Å²) in [6, 6.07) is 16.7. The second-order valence-electron chi connectivity index (χ2n) is 10.1. The van der Waals surface area contributed by atoms with Gasteiger partial charge in [0.25, 0.3) is 5.91 Å². The number of aryl methyl sites for hydroxylation is 1. The van der Waals surface area contributed by atoms with E-state index in [-0.39, 0.29) is 17.6 Å². The zero-order valence-electron chi connectivity index (χ0n) is 19.7. The van der Waals surface area contributed by atoms with Gasteiger partial charge in [0.2, 0.25) is 0 Å². The first-order valence-electron chi connectivity index (χ1n) is 12.9. The molecular formula is C29H36N2O2. The van der Waals surface area contributed by atoms with E-state index in [4.69, 9.17) is 0 Å². The van der Waals surface area contributed by atoms with Crippen molar-refractivity contribution < 1.29 is 9.59 Å². The minimum Gasteiger partial charge on any atom is -0.339 e. The number of hydrogen-bond acceptors (Lipinski definition) is 3. The molecule has 2 aromatic carbocycles. The number of carbonyl (C=O) groups is 2. The van der Waals surface area contributed by atoms with Gasteiger partial charge in [-0.2, -0.15) is 0 Å². The van der Waals surface area contributed by atoms with E-state index in [1.165, 1.54) is 24.8 Å². The second-order valence-corrected chi connectivity index (χ2v) is 10.1. The summed E-state index contributed by atoms with van der Waals surface area (Å²) >= 11 is 0. The van der Waals surface area contributed by atoms with Crippen molar-refractivity contribution in [3.8, 4) is 0 Å². The molecule has 4 nitrogen and oxygen atoms in total. The fourth-order valence-electron chi connectivity index (χ4n) is 5.96. The predicted octanol–water partition coefficient (Wildman–Crippen LogP) is 5.33. The van der Waals surface area contributed by atoms with Crippen molar-refractivity contribution in [1.82, 2.24) is 9.80 Å². The van der Waals surface area contributed by atoms with Crippen LogP contribution in [0, 0.1) is 5.92 Å². The quantitative estimate of drug-likeness (QED) is 0.626. The lowest BCUT2D eigenvalue weighted by Gasteiger charge is -2.33. The van der Waals surface area contributed by atoms with E-state index in [0.717, 1.165) is 81.5 Å². The van der Waals surface area contributed by atoms with Gasteiger partial charge in [-0.15, -0.1) is 0 Å². The SMILES string of the molecule is O=C1c2ccc(C(=O)N3CCCCC3)cc2CCC1CCN1CCC(c2ccccc2)CC1. The Bertz CT molecular complexity index is 972. The van der Waals surface area contributed by atoms with E-state index in [2.05, 4.69) is 35.2 Å². The van der Waals surface area contributed by atoms with E-state index >= 15 is 0 Å². The smallest absolute Gasteiger partial charge is 0.253 e. The summed E-state index contributed by atoms with van der Waals surface area (Å²) in [6.45, 7) is 4.98. The molecule has 33 heavy (non-hydrogen) atoms. The molecule has 174 valence electrons. The standard InChI is InChI=1S/C29H36N2O2/c32-28-24(15-20-30-18-13-23(14-19-30)22-7-3-1-4-8-22)9-10-25-21-26(11-12-27(25)28)29(33)31-16-5-2-6-17-31/h1,3-4,7-8,11-12,21,23-24H,2,5-6,9-10,13-20H2. The molecule has 1 unspecified atom stereocenters. The van der Waals surface area contributed by atoms with E-state index < -0.39 is 0 Å². The molecule has 1 atom stereocenters. The van der Waals surface area contributed by atoms with E-state index in [9.17, 15) is 9.59 Å². The van der Waals surface area contributed by atoms with Crippen LogP contribution in [-0.4, -0.2) is 54.2 Å². The lowest BCUT2D eigenvalue weighted by molar-refractivity contribution is 0.0723. The summed E-state index contributed by atoms with van der Waals surface area (Å²) in [6.07, 6.45) is 8.59. The van der Waals surface area contributed by atoms with Crippen molar-refractivity contribution in [3.63, 3.8) is 0 Å². The minimum absolute atomic E-state index is 0.119. The summed E-state index contributed by atoms with van der Waals surface area (Å²) in [4.78, 5) is 30.6. The van der Waals surface area contributed by atoms with Crippen LogP contribution < -0.4 is 0 Å². The highest BCUT2D eigenvalue weighted by atomic mass is 16.2. The lowest BCUT2D eigenvalue weighted by atomic mass is 9.80. The largest absolute Gasteiger partial charge is 0.339 e. The molecule has 0 aromatic heterocycles. The van der Waals surface area contributed by atoms with Crippen molar-refractivity contribution in [3.05, 3.63) is 70.8 Å². The van der Waals surface area contributed by atoms with Crippen molar-refractivity contribution >= 4 is 11.7 Å². The lowest BCUT2D eigenvalue weighted by Crippen LogP contribution is -2.36. The van der Waals surface area contributed by atoms with Gasteiger partial charge in [0.15, 0.2) is 5.78 Å². The molecule has 0 spiro atoms. The van der Waals surface area contributed by atoms with Crippen molar-refractivity contribution in [2.45, 2.75) is 57.3 Å². The molecule has 1 amide bonds. The Labute approximate surface area is 198 Å². The highest BCUT2D eigenvalue weighted by molar-refractivity contribution is 6.02. The zero-order valence-corrected chi connectivity index (χ0v) is 19.7. The molecule has 1 aliphatic carbocycles. The average molecular weight is 445 g/mol. The number of nitrogens with zero attached hydrogens (tertiary/aromatic N) is 2. The molecule has 3 aliphatic rings. The Morgan fingerprint density at radius 1 is 0.879 bits per heavy atom. The van der Waals surface area contributed by atoms with Gasteiger partial charge in [-0.3, -0.25) is 9.59 Å². The fourth-order valence-corrected chi connectivity index (χ4v) is 5.96. The number of rotatable bonds is 5. The van der Waals surface area contributed by atoms with Crippen LogP contribution in [-0.2, 0) is 6.42 Å². The highest BCUT2D eigenvalue weighted by Crippen LogP contribution is 2.31. The maximum Gasteiger partial charge on any atom is 0.253 e. The van der Waals surface area contributed by atoms with Crippen LogP contribution in [0.2, 0.25) is 0 Å². The Hall–Kier alpha value is -2.46. The molecular weight excluding hydrogens is 408 g/mol. The van der Waals surface area contributed by atoms with Crippen molar-refractivity contribution in [2.24, 2.45) is 5.92 Å². The number of carbonyl (C=O) groups excluding carboxylic acids is 2. The topological polar surface area (TPSA) is 40.6 Å². The molecule has 2 heterocycles. The van der Waals surface area contributed by atoms with E-state index in [0.29, 0.717) is 5.92 Å². The molecule has 0 bridgehead atoms. The van der Waals surface area contributed by atoms with Crippen molar-refractivity contribution in [1.29, 1.82) is 0 Å². The second kappa shape index (κ2) is 10.2. The van der Waals surface area contributed by atoms with Gasteiger partial charge < -0.3 is 9.80 Å². The number of amides is 1. The van der Waals surface area contributed by atoms with Crippen LogP contribution in [0.1, 0.15) is 82.7 Å². The monoisotopic (exact) mass is 444 g/mol. The molecule has 2 aliphatic heterocycles. The van der Waals surface area contributed by atoms with Gasteiger partial charge in [-0.25, -0.2) is 0 Å². The zero-order chi connectivity index (χ0) is 22.6. The third-order valence-corrected chi connectivity index (χ3v) is 8.05. The number of fused-ring (bicyclic) bond motifs is 1. The number of benzene rings is 2. The number of likely N-dealkylation sites (tertiary alicyclic amines) is 2. The molecule has 2 fully saturated rings. The average Bonchev–Trinajstić information content (AvgIpc) is 2.89. The Morgan fingerprint density at radius 2 is 1.64 bits per heavy atom. The molecule has 5 rings (SSSR count). The van der Waals surface area contributed by atoms with Crippen LogP contribution >= 0.6 is 0 Å². The minimum atomic E-state index is 0.119. The molecule has 2 aromatic rings. The summed E-state index contributed by atoms with van der Waals surface area (Å²) in [5.41, 5.74) is 4.14. The predicted molar refractivity (Wildman–Crippen MR) is 132 cm³/mol. The van der Waals surface area contributed by atoms with Crippen LogP contribution in [0.3, 0.4) is 0 Å². The Kier molecular flexibility index (Phi) is 6.91. The van der Waals surface area contributed by atoms with Gasteiger partial charge in [0.05, 0.1) is 0 Å². The molecule has 0 N–H and O–H groups in total. The third kappa shape index (κ3) is 5.06. The first-order chi connectivity index (χ1) is 16.2. The van der Waals surface area contributed by atoms with Crippen LogP contribution in [0.25, 0.3) is 0 Å². The number of Topliss-reactive ketones (excluding diaryl/α,β-unsaturated/α-hetero) is 1. The van der Waals surface area contributed by atoms with Crippen LogP contribution in [0.4, 0.5) is 0 Å². The van der Waals surface area contributed by atoms with E-state index in [1.807, 2.05) is 23.1 Å². The number of hydrogen-bond donors (Lipinski definition) is 0. The molecule has 0 saturated carbocycles. The van der Waals surface area contributed by atoms with Gasteiger partial charge in [0, 0.05) is 30.1 Å². The maximum atomic E-state index is 13.2. The van der Waals surface area contributed by atoms with Gasteiger partial charge >= 0.3 is 0 Å². The normalized spacial score (nSPS) is 22.2. The fraction of sp³-hybridized carbons (Fsp3) is 0.517. The summed E-state index contributed by atoms with van der Waals surface area (Å²) in [7, 11) is 0. The molecule has 2 saturated heterocycles. The third-order valence-electron chi connectivity index (χ3n) is 8.05. The molecule has 0 radical (unpaired) electrons. The van der Waals surface area contributed by atoms with Crippen LogP contribution in [0.15, 0.2) is 48.5 Å². The first-order valence-corrected chi connectivity index (χ1v) is 12.9. The van der Waals surface area contributed by atoms with Gasteiger partial charge in [0.1, 0.15) is 0 Å². The van der Waals surface area contributed by atoms with Crippen LogP contribution in [0.5, 0.6) is 0 Å². The summed E-state index contributed by atoms with van der Waals surface area (Å²) < 4.78 is 0. The summed E-state index contributed by atoms with van der Waals surface area (Å²) in [5, 5.41) is 0. The van der Waals surface area contributed by atoms with Crippen molar-refractivity contribution in [2.75, 3.05) is 32.7 Å².